The van der Waals surface area contributed by atoms with Gasteiger partial charge in [-0.1, -0.05) is 6.07 Å². The average molecular weight is 236 g/mol. The molecule has 17 heavy (non-hydrogen) atoms. The first-order chi connectivity index (χ1) is 8.17. The van der Waals surface area contributed by atoms with E-state index in [1.807, 2.05) is 25.2 Å². The minimum Gasteiger partial charge on any atom is -0.482 e. The molecule has 1 N–H and O–H groups in total. The summed E-state index contributed by atoms with van der Waals surface area (Å²) in [5, 5.41) is 3.03. The van der Waals surface area contributed by atoms with Crippen molar-refractivity contribution in [1.82, 2.24) is 5.32 Å². The zero-order valence-electron chi connectivity index (χ0n) is 10.2. The van der Waals surface area contributed by atoms with Crippen LogP contribution in [0.2, 0.25) is 0 Å². The van der Waals surface area contributed by atoms with E-state index in [4.69, 9.17) is 9.47 Å². The number of fused-ring (bicyclic) bond motifs is 1. The van der Waals surface area contributed by atoms with Gasteiger partial charge in [0.15, 0.2) is 6.61 Å². The van der Waals surface area contributed by atoms with Crippen LogP contribution < -0.4 is 15.0 Å². The normalized spacial score (nSPS) is 16.4. The Hall–Kier alpha value is -1.59. The van der Waals surface area contributed by atoms with Crippen molar-refractivity contribution in [2.45, 2.75) is 6.23 Å². The van der Waals surface area contributed by atoms with E-state index < -0.39 is 0 Å². The number of methoxy groups -OCH3 is 1. The molecule has 0 saturated heterocycles. The van der Waals surface area contributed by atoms with E-state index in [1.165, 1.54) is 0 Å². The van der Waals surface area contributed by atoms with Crippen molar-refractivity contribution in [3.63, 3.8) is 0 Å². The van der Waals surface area contributed by atoms with E-state index in [0.29, 0.717) is 0 Å². The molecule has 0 aromatic heterocycles. The van der Waals surface area contributed by atoms with Gasteiger partial charge in [0.1, 0.15) is 12.0 Å². The first-order valence-corrected chi connectivity index (χ1v) is 5.40. The molecule has 92 valence electrons. The van der Waals surface area contributed by atoms with Gasteiger partial charge in [-0.15, -0.1) is 0 Å². The van der Waals surface area contributed by atoms with Gasteiger partial charge in [-0.2, -0.15) is 0 Å². The van der Waals surface area contributed by atoms with Crippen LogP contribution in [-0.2, 0) is 9.53 Å². The van der Waals surface area contributed by atoms with Crippen LogP contribution in [0, 0.1) is 0 Å². The van der Waals surface area contributed by atoms with Crippen molar-refractivity contribution in [2.24, 2.45) is 0 Å². The zero-order chi connectivity index (χ0) is 12.4. The van der Waals surface area contributed by atoms with Crippen LogP contribution in [0.4, 0.5) is 5.69 Å². The third kappa shape index (κ3) is 2.11. The average Bonchev–Trinajstić information content (AvgIpc) is 2.36. The number of hydrogen-bond donors (Lipinski definition) is 1. The molecule has 1 amide bonds. The number of carbonyl (C=O) groups excluding carboxylic acids is 1. The summed E-state index contributed by atoms with van der Waals surface area (Å²) in [5.74, 6) is 0.676. The Bertz CT molecular complexity index is 430. The number of nitrogens with one attached hydrogen (secondary N) is 1. The summed E-state index contributed by atoms with van der Waals surface area (Å²) in [6, 6.07) is 5.68. The highest BCUT2D eigenvalue weighted by molar-refractivity contribution is 5.97. The van der Waals surface area contributed by atoms with E-state index in [9.17, 15) is 4.79 Å². The third-order valence-electron chi connectivity index (χ3n) is 2.87. The predicted octanol–water partition coefficient (Wildman–Crippen LogP) is 0.906. The largest absolute Gasteiger partial charge is 0.482 e. The van der Waals surface area contributed by atoms with Crippen LogP contribution in [-0.4, -0.2) is 33.7 Å². The fourth-order valence-electron chi connectivity index (χ4n) is 1.87. The molecule has 0 saturated carbocycles. The molecule has 0 radical (unpaired) electrons. The molecule has 1 aromatic rings. The summed E-state index contributed by atoms with van der Waals surface area (Å²) >= 11 is 0. The Kier molecular flexibility index (Phi) is 3.31. The number of carbonyl (C=O) groups is 1. The molecule has 5 heteroatoms. The number of rotatable bonds is 3. The molecule has 1 atom stereocenters. The molecular formula is C12H16N2O3. The summed E-state index contributed by atoms with van der Waals surface area (Å²) in [6.07, 6.45) is -0.189. The number of benzene rings is 1. The number of anilines is 1. The van der Waals surface area contributed by atoms with Gasteiger partial charge in [0.2, 0.25) is 0 Å². The molecule has 1 aliphatic heterocycles. The number of amides is 1. The summed E-state index contributed by atoms with van der Waals surface area (Å²) < 4.78 is 10.6. The highest BCUT2D eigenvalue weighted by atomic mass is 16.5. The highest BCUT2D eigenvalue weighted by Gasteiger charge is 2.23. The van der Waals surface area contributed by atoms with Gasteiger partial charge in [-0.05, 0) is 24.7 Å². The second kappa shape index (κ2) is 4.73. The Morgan fingerprint density at radius 3 is 2.94 bits per heavy atom. The van der Waals surface area contributed by atoms with Crippen LogP contribution in [0.25, 0.3) is 0 Å². The van der Waals surface area contributed by atoms with E-state index in [-0.39, 0.29) is 18.7 Å². The van der Waals surface area contributed by atoms with E-state index >= 15 is 0 Å². The Labute approximate surface area is 100 Å². The minimum absolute atomic E-state index is 0.0481. The lowest BCUT2D eigenvalue weighted by atomic mass is 10.1. The van der Waals surface area contributed by atoms with Crippen molar-refractivity contribution >= 4 is 11.6 Å². The Morgan fingerprint density at radius 2 is 2.29 bits per heavy atom. The van der Waals surface area contributed by atoms with Crippen molar-refractivity contribution in [3.8, 4) is 5.75 Å². The lowest BCUT2D eigenvalue weighted by Crippen LogP contribution is -2.35. The monoisotopic (exact) mass is 236 g/mol. The fraction of sp³-hybridized carbons (Fsp3) is 0.417. The molecule has 1 unspecified atom stereocenters. The number of nitrogens with zero attached hydrogens (tertiary/aromatic N) is 1. The second-order valence-corrected chi connectivity index (χ2v) is 3.87. The van der Waals surface area contributed by atoms with Gasteiger partial charge in [-0.3, -0.25) is 10.1 Å². The summed E-state index contributed by atoms with van der Waals surface area (Å²) in [7, 11) is 5.19. The maximum atomic E-state index is 11.5. The molecule has 2 rings (SSSR count). The second-order valence-electron chi connectivity index (χ2n) is 3.87. The number of likely N-dealkylation sites (N-methyl/N-ethyl adjacent to an activating group) is 1. The van der Waals surface area contributed by atoms with Gasteiger partial charge in [0.25, 0.3) is 5.91 Å². The standard InChI is InChI=1S/C12H16N2O3/c1-13-12(16-3)8-4-5-10-9(6-8)14(2)11(15)7-17-10/h4-6,12-13H,7H2,1-3H3. The first kappa shape index (κ1) is 11.9. The highest BCUT2D eigenvalue weighted by Crippen LogP contribution is 2.33. The maximum Gasteiger partial charge on any atom is 0.264 e. The molecule has 1 heterocycles. The van der Waals surface area contributed by atoms with E-state index in [0.717, 1.165) is 17.0 Å². The lowest BCUT2D eigenvalue weighted by Gasteiger charge is -2.27. The van der Waals surface area contributed by atoms with Crippen LogP contribution >= 0.6 is 0 Å². The first-order valence-electron chi connectivity index (χ1n) is 5.40. The summed E-state index contributed by atoms with van der Waals surface area (Å²) in [5.41, 5.74) is 1.73. The maximum absolute atomic E-state index is 11.5. The summed E-state index contributed by atoms with van der Waals surface area (Å²) in [4.78, 5) is 13.1. The van der Waals surface area contributed by atoms with Gasteiger partial charge >= 0.3 is 0 Å². The predicted molar refractivity (Wildman–Crippen MR) is 64.2 cm³/mol. The lowest BCUT2D eigenvalue weighted by molar-refractivity contribution is -0.120. The van der Waals surface area contributed by atoms with Gasteiger partial charge < -0.3 is 14.4 Å². The Balaban J connectivity index is 2.38. The molecular weight excluding hydrogens is 220 g/mol. The molecule has 0 bridgehead atoms. The zero-order valence-corrected chi connectivity index (χ0v) is 10.2. The quantitative estimate of drug-likeness (QED) is 0.792. The van der Waals surface area contributed by atoms with Crippen molar-refractivity contribution in [3.05, 3.63) is 23.8 Å². The number of ether oxygens (including phenoxy) is 2. The molecule has 1 aromatic carbocycles. The van der Waals surface area contributed by atoms with Crippen LogP contribution in [0.5, 0.6) is 5.75 Å². The fourth-order valence-corrected chi connectivity index (χ4v) is 1.87. The Morgan fingerprint density at radius 1 is 1.53 bits per heavy atom. The van der Waals surface area contributed by atoms with Crippen LogP contribution in [0.1, 0.15) is 11.8 Å². The van der Waals surface area contributed by atoms with Crippen molar-refractivity contribution in [2.75, 3.05) is 32.7 Å². The van der Waals surface area contributed by atoms with E-state index in [2.05, 4.69) is 5.32 Å². The molecule has 0 fully saturated rings. The smallest absolute Gasteiger partial charge is 0.264 e. The topological polar surface area (TPSA) is 50.8 Å². The third-order valence-corrected chi connectivity index (χ3v) is 2.87. The van der Waals surface area contributed by atoms with Crippen molar-refractivity contribution in [1.29, 1.82) is 0 Å². The summed E-state index contributed by atoms with van der Waals surface area (Å²) in [6.45, 7) is 0.0998. The molecule has 5 nitrogen and oxygen atoms in total. The number of hydrogen-bond acceptors (Lipinski definition) is 4. The molecule has 1 aliphatic rings. The van der Waals surface area contributed by atoms with E-state index in [1.54, 1.807) is 19.1 Å². The van der Waals surface area contributed by atoms with Gasteiger partial charge in [0, 0.05) is 14.2 Å². The van der Waals surface area contributed by atoms with Crippen LogP contribution in [0.15, 0.2) is 18.2 Å². The van der Waals surface area contributed by atoms with Gasteiger partial charge in [-0.25, -0.2) is 0 Å². The van der Waals surface area contributed by atoms with Gasteiger partial charge in [0.05, 0.1) is 5.69 Å². The molecule has 0 aliphatic carbocycles. The molecule has 0 spiro atoms. The minimum atomic E-state index is -0.189. The van der Waals surface area contributed by atoms with Crippen LogP contribution in [0.3, 0.4) is 0 Å². The van der Waals surface area contributed by atoms with Crippen molar-refractivity contribution < 1.29 is 14.3 Å². The SMILES string of the molecule is CNC(OC)c1ccc2c(c1)N(C)C(=O)CO2.